The van der Waals surface area contributed by atoms with Crippen LogP contribution in [0.2, 0.25) is 0 Å². The Morgan fingerprint density at radius 1 is 1.64 bits per heavy atom. The molecule has 0 saturated carbocycles. The molecule has 76 valence electrons. The van der Waals surface area contributed by atoms with Crippen LogP contribution in [-0.4, -0.2) is 27.4 Å². The molecule has 1 atom stereocenters. The lowest BCUT2D eigenvalue weighted by Crippen LogP contribution is -2.16. The van der Waals surface area contributed by atoms with Crippen molar-refractivity contribution in [3.8, 4) is 0 Å². The molecule has 14 heavy (non-hydrogen) atoms. The van der Waals surface area contributed by atoms with Gasteiger partial charge in [-0.15, -0.1) is 0 Å². The summed E-state index contributed by atoms with van der Waals surface area (Å²) in [7, 11) is 0. The van der Waals surface area contributed by atoms with Gasteiger partial charge in [0.25, 0.3) is 0 Å². The Hall–Kier alpha value is -1.10. The number of anilines is 1. The Kier molecular flexibility index (Phi) is 4.39. The fourth-order valence-corrected chi connectivity index (χ4v) is 1.22. The van der Waals surface area contributed by atoms with Crippen LogP contribution in [0.15, 0.2) is 18.6 Å². The molecule has 0 aromatic carbocycles. The van der Waals surface area contributed by atoms with Crippen molar-refractivity contribution in [2.75, 3.05) is 11.6 Å². The molecule has 0 radical (unpaired) electrons. The molecule has 1 aromatic heterocycles. The van der Waals surface area contributed by atoms with Gasteiger partial charge >= 0.3 is 0 Å². The summed E-state index contributed by atoms with van der Waals surface area (Å²) in [5, 5.41) is 3.01. The van der Waals surface area contributed by atoms with E-state index in [4.69, 9.17) is 0 Å². The molecular weight excluding hydrogens is 198 g/mol. The largest absolute Gasteiger partial charge is 0.309 e. The third kappa shape index (κ3) is 3.74. The smallest absolute Gasteiger partial charge is 0.226 e. The predicted molar refractivity (Wildman–Crippen MR) is 58.3 cm³/mol. The number of thioether (sulfide) groups is 1. The molecule has 1 amide bonds. The number of carbonyl (C=O) groups excluding carboxylic acids is 1. The SMILES string of the molecule is CSC(C)CC(=O)Nc1cnccn1. The summed E-state index contributed by atoms with van der Waals surface area (Å²) in [5.41, 5.74) is 0. The molecule has 1 N–H and O–H groups in total. The monoisotopic (exact) mass is 211 g/mol. The minimum Gasteiger partial charge on any atom is -0.309 e. The van der Waals surface area contributed by atoms with E-state index in [1.807, 2.05) is 13.2 Å². The third-order valence-corrected chi connectivity index (χ3v) is 2.68. The Bertz CT molecular complexity index is 291. The lowest BCUT2D eigenvalue weighted by Gasteiger charge is -2.07. The highest BCUT2D eigenvalue weighted by molar-refractivity contribution is 7.99. The number of hydrogen-bond acceptors (Lipinski definition) is 4. The molecule has 0 aliphatic rings. The summed E-state index contributed by atoms with van der Waals surface area (Å²) in [4.78, 5) is 19.2. The van der Waals surface area contributed by atoms with Crippen LogP contribution in [0.1, 0.15) is 13.3 Å². The molecule has 0 spiro atoms. The summed E-state index contributed by atoms with van der Waals surface area (Å²) < 4.78 is 0. The number of amides is 1. The molecule has 1 rings (SSSR count). The first kappa shape index (κ1) is 11.0. The molecule has 0 aliphatic carbocycles. The highest BCUT2D eigenvalue weighted by Crippen LogP contribution is 2.10. The number of carbonyl (C=O) groups is 1. The van der Waals surface area contributed by atoms with Gasteiger partial charge in [-0.3, -0.25) is 9.78 Å². The third-order valence-electron chi connectivity index (χ3n) is 1.71. The van der Waals surface area contributed by atoms with Crippen molar-refractivity contribution in [2.24, 2.45) is 0 Å². The first-order valence-electron chi connectivity index (χ1n) is 4.31. The van der Waals surface area contributed by atoms with Gasteiger partial charge in [-0.1, -0.05) is 6.92 Å². The van der Waals surface area contributed by atoms with Crippen molar-refractivity contribution in [1.29, 1.82) is 0 Å². The van der Waals surface area contributed by atoms with Crippen LogP contribution in [0, 0.1) is 0 Å². The van der Waals surface area contributed by atoms with Crippen LogP contribution in [0.25, 0.3) is 0 Å². The van der Waals surface area contributed by atoms with E-state index in [0.717, 1.165) is 0 Å². The Balaban J connectivity index is 2.42. The highest BCUT2D eigenvalue weighted by atomic mass is 32.2. The average molecular weight is 211 g/mol. The van der Waals surface area contributed by atoms with Gasteiger partial charge in [0.2, 0.25) is 5.91 Å². The summed E-state index contributed by atoms with van der Waals surface area (Å²) >= 11 is 1.67. The van der Waals surface area contributed by atoms with E-state index in [1.165, 1.54) is 6.20 Å². The van der Waals surface area contributed by atoms with E-state index in [-0.39, 0.29) is 5.91 Å². The van der Waals surface area contributed by atoms with Gasteiger partial charge in [0.05, 0.1) is 6.20 Å². The van der Waals surface area contributed by atoms with Gasteiger partial charge in [0.1, 0.15) is 0 Å². The van der Waals surface area contributed by atoms with E-state index in [2.05, 4.69) is 15.3 Å². The van der Waals surface area contributed by atoms with Gasteiger partial charge in [-0.2, -0.15) is 11.8 Å². The minimum atomic E-state index is -0.0210. The van der Waals surface area contributed by atoms with Crippen LogP contribution in [0.4, 0.5) is 5.82 Å². The predicted octanol–water partition coefficient (Wildman–Crippen LogP) is 1.56. The Labute approximate surface area is 87.5 Å². The second kappa shape index (κ2) is 5.59. The van der Waals surface area contributed by atoms with Gasteiger partial charge in [0, 0.05) is 24.1 Å². The zero-order valence-corrected chi connectivity index (χ0v) is 9.04. The standard InChI is InChI=1S/C9H13N3OS/c1-7(14-2)5-9(13)12-8-6-10-3-4-11-8/h3-4,6-7H,5H2,1-2H3,(H,11,12,13). The lowest BCUT2D eigenvalue weighted by molar-refractivity contribution is -0.116. The van der Waals surface area contributed by atoms with Crippen molar-refractivity contribution >= 4 is 23.5 Å². The maximum absolute atomic E-state index is 11.4. The fraction of sp³-hybridized carbons (Fsp3) is 0.444. The first-order chi connectivity index (χ1) is 6.72. The van der Waals surface area contributed by atoms with Crippen molar-refractivity contribution in [2.45, 2.75) is 18.6 Å². The molecule has 4 nitrogen and oxygen atoms in total. The molecule has 1 aromatic rings. The molecule has 1 heterocycles. The van der Waals surface area contributed by atoms with E-state index in [0.29, 0.717) is 17.5 Å². The summed E-state index contributed by atoms with van der Waals surface area (Å²) in [6.45, 7) is 2.01. The maximum Gasteiger partial charge on any atom is 0.226 e. The minimum absolute atomic E-state index is 0.0210. The molecule has 5 heteroatoms. The van der Waals surface area contributed by atoms with Crippen molar-refractivity contribution in [3.05, 3.63) is 18.6 Å². The average Bonchev–Trinajstić information content (AvgIpc) is 2.19. The van der Waals surface area contributed by atoms with Crippen molar-refractivity contribution in [1.82, 2.24) is 9.97 Å². The molecule has 0 fully saturated rings. The quantitative estimate of drug-likeness (QED) is 0.821. The van der Waals surface area contributed by atoms with Crippen LogP contribution < -0.4 is 5.32 Å². The second-order valence-electron chi connectivity index (χ2n) is 2.89. The van der Waals surface area contributed by atoms with E-state index in [1.54, 1.807) is 24.2 Å². The fourth-order valence-electron chi connectivity index (χ4n) is 0.902. The molecule has 1 unspecified atom stereocenters. The zero-order valence-electron chi connectivity index (χ0n) is 8.23. The molecule has 0 aliphatic heterocycles. The highest BCUT2D eigenvalue weighted by Gasteiger charge is 2.07. The molecule has 0 saturated heterocycles. The maximum atomic E-state index is 11.4. The molecular formula is C9H13N3OS. The second-order valence-corrected chi connectivity index (χ2v) is 4.17. The van der Waals surface area contributed by atoms with Crippen LogP contribution >= 0.6 is 11.8 Å². The van der Waals surface area contributed by atoms with Gasteiger partial charge in [-0.05, 0) is 6.26 Å². The van der Waals surface area contributed by atoms with Gasteiger partial charge in [-0.25, -0.2) is 4.98 Å². The zero-order chi connectivity index (χ0) is 10.4. The Morgan fingerprint density at radius 3 is 3.00 bits per heavy atom. The summed E-state index contributed by atoms with van der Waals surface area (Å²) in [6.07, 6.45) is 7.13. The van der Waals surface area contributed by atoms with Gasteiger partial charge in [0.15, 0.2) is 5.82 Å². The number of rotatable bonds is 4. The van der Waals surface area contributed by atoms with Crippen LogP contribution in [0.5, 0.6) is 0 Å². The number of nitrogens with zero attached hydrogens (tertiary/aromatic N) is 2. The number of aromatic nitrogens is 2. The van der Waals surface area contributed by atoms with E-state index < -0.39 is 0 Å². The first-order valence-corrected chi connectivity index (χ1v) is 5.60. The molecule has 0 bridgehead atoms. The van der Waals surface area contributed by atoms with Crippen LogP contribution in [0.3, 0.4) is 0 Å². The van der Waals surface area contributed by atoms with Crippen LogP contribution in [-0.2, 0) is 4.79 Å². The normalized spacial score (nSPS) is 12.1. The van der Waals surface area contributed by atoms with Crippen molar-refractivity contribution < 1.29 is 4.79 Å². The van der Waals surface area contributed by atoms with Crippen molar-refractivity contribution in [3.63, 3.8) is 0 Å². The number of hydrogen-bond donors (Lipinski definition) is 1. The van der Waals surface area contributed by atoms with E-state index >= 15 is 0 Å². The Morgan fingerprint density at radius 2 is 2.43 bits per heavy atom. The summed E-state index contributed by atoms with van der Waals surface area (Å²) in [5.74, 6) is 0.484. The topological polar surface area (TPSA) is 54.9 Å². The van der Waals surface area contributed by atoms with Gasteiger partial charge < -0.3 is 5.32 Å². The lowest BCUT2D eigenvalue weighted by atomic mass is 10.3. The van der Waals surface area contributed by atoms with E-state index in [9.17, 15) is 4.79 Å². The summed E-state index contributed by atoms with van der Waals surface area (Å²) in [6, 6.07) is 0. The number of nitrogens with one attached hydrogen (secondary N) is 1.